The fourth-order valence-corrected chi connectivity index (χ4v) is 1.19. The maximum absolute atomic E-state index is 3.26. The molecule has 0 spiro atoms. The second-order valence-electron chi connectivity index (χ2n) is 3.28. The van der Waals surface area contributed by atoms with Crippen LogP contribution in [0.2, 0.25) is 0 Å². The SMILES string of the molecule is CC(C)[C@@H]1C#C[C@@H](C)C1. The molecule has 0 nitrogen and oxygen atoms in total. The highest BCUT2D eigenvalue weighted by molar-refractivity contribution is 5.14. The Kier molecular flexibility index (Phi) is 1.81. The van der Waals surface area contributed by atoms with E-state index in [1.165, 1.54) is 6.42 Å². The average Bonchev–Trinajstić information content (AvgIpc) is 2.14. The second-order valence-corrected chi connectivity index (χ2v) is 3.28. The normalized spacial score (nSPS) is 32.4. The molecule has 0 bridgehead atoms. The van der Waals surface area contributed by atoms with Gasteiger partial charge in [0.05, 0.1) is 0 Å². The van der Waals surface area contributed by atoms with Gasteiger partial charge in [0.25, 0.3) is 0 Å². The van der Waals surface area contributed by atoms with Gasteiger partial charge in [0.15, 0.2) is 0 Å². The molecule has 0 aliphatic heterocycles. The molecule has 0 heterocycles. The number of rotatable bonds is 1. The monoisotopic (exact) mass is 122 g/mol. The molecule has 0 fully saturated rings. The summed E-state index contributed by atoms with van der Waals surface area (Å²) in [5.41, 5.74) is 0. The molecule has 0 saturated carbocycles. The molecule has 0 aromatic heterocycles. The van der Waals surface area contributed by atoms with Crippen LogP contribution in [0.1, 0.15) is 27.2 Å². The van der Waals surface area contributed by atoms with Gasteiger partial charge in [-0.15, -0.1) is 0 Å². The van der Waals surface area contributed by atoms with E-state index in [1.54, 1.807) is 0 Å². The van der Waals surface area contributed by atoms with E-state index in [0.717, 1.165) is 5.92 Å². The van der Waals surface area contributed by atoms with Crippen LogP contribution in [0.25, 0.3) is 0 Å². The van der Waals surface area contributed by atoms with Crippen molar-refractivity contribution < 1.29 is 0 Å². The fraction of sp³-hybridized carbons (Fsp3) is 0.778. The molecule has 0 heteroatoms. The molecule has 0 aromatic carbocycles. The van der Waals surface area contributed by atoms with Crippen LogP contribution in [0.5, 0.6) is 0 Å². The molecular formula is C9H14. The summed E-state index contributed by atoms with van der Waals surface area (Å²) < 4.78 is 0. The Balaban J connectivity index is 2.45. The van der Waals surface area contributed by atoms with E-state index in [4.69, 9.17) is 0 Å². The summed E-state index contributed by atoms with van der Waals surface area (Å²) in [5, 5.41) is 0. The van der Waals surface area contributed by atoms with Crippen molar-refractivity contribution in [2.24, 2.45) is 17.8 Å². The summed E-state index contributed by atoms with van der Waals surface area (Å²) in [6, 6.07) is 0. The fourth-order valence-electron chi connectivity index (χ4n) is 1.19. The second kappa shape index (κ2) is 2.43. The standard InChI is InChI=1S/C9H14/c1-7(2)9-5-4-8(3)6-9/h7-9H,6H2,1-3H3/t8-,9-/m1/s1. The van der Waals surface area contributed by atoms with Gasteiger partial charge in [0.1, 0.15) is 0 Å². The van der Waals surface area contributed by atoms with Crippen molar-refractivity contribution in [3.63, 3.8) is 0 Å². The van der Waals surface area contributed by atoms with Crippen molar-refractivity contribution in [1.82, 2.24) is 0 Å². The lowest BCUT2D eigenvalue weighted by molar-refractivity contribution is 0.433. The average molecular weight is 122 g/mol. The van der Waals surface area contributed by atoms with Gasteiger partial charge >= 0.3 is 0 Å². The Morgan fingerprint density at radius 1 is 1.33 bits per heavy atom. The third-order valence-corrected chi connectivity index (χ3v) is 1.93. The van der Waals surface area contributed by atoms with Crippen LogP contribution in [0.15, 0.2) is 0 Å². The van der Waals surface area contributed by atoms with Crippen LogP contribution < -0.4 is 0 Å². The molecule has 50 valence electrons. The van der Waals surface area contributed by atoms with Gasteiger partial charge in [-0.05, 0) is 12.3 Å². The zero-order valence-corrected chi connectivity index (χ0v) is 6.44. The van der Waals surface area contributed by atoms with Gasteiger partial charge in [-0.25, -0.2) is 0 Å². The molecule has 2 atom stereocenters. The van der Waals surface area contributed by atoms with Crippen LogP contribution >= 0.6 is 0 Å². The molecule has 1 aliphatic rings. The summed E-state index contributed by atoms with van der Waals surface area (Å²) in [5.74, 6) is 8.54. The molecule has 9 heavy (non-hydrogen) atoms. The Morgan fingerprint density at radius 2 is 2.00 bits per heavy atom. The topological polar surface area (TPSA) is 0 Å². The Bertz CT molecular complexity index is 145. The first-order valence-electron chi connectivity index (χ1n) is 3.71. The lowest BCUT2D eigenvalue weighted by Gasteiger charge is -2.10. The van der Waals surface area contributed by atoms with Crippen LogP contribution in [0, 0.1) is 29.6 Å². The molecule has 0 unspecified atom stereocenters. The maximum atomic E-state index is 3.26. The molecule has 0 amide bonds. The maximum Gasteiger partial charge on any atom is 0.0237 e. The number of hydrogen-bond acceptors (Lipinski definition) is 0. The van der Waals surface area contributed by atoms with E-state index < -0.39 is 0 Å². The summed E-state index contributed by atoms with van der Waals surface area (Å²) in [6.45, 7) is 6.70. The van der Waals surface area contributed by atoms with Gasteiger partial charge in [0, 0.05) is 11.8 Å². The first-order valence-corrected chi connectivity index (χ1v) is 3.71. The van der Waals surface area contributed by atoms with Crippen molar-refractivity contribution in [1.29, 1.82) is 0 Å². The Morgan fingerprint density at radius 3 is 2.22 bits per heavy atom. The van der Waals surface area contributed by atoms with Gasteiger partial charge in [-0.2, -0.15) is 0 Å². The minimum Gasteiger partial charge on any atom is -0.0999 e. The van der Waals surface area contributed by atoms with Crippen molar-refractivity contribution in [2.75, 3.05) is 0 Å². The molecule has 0 aromatic rings. The smallest absolute Gasteiger partial charge is 0.0237 e. The first-order chi connectivity index (χ1) is 4.20. The van der Waals surface area contributed by atoms with Crippen molar-refractivity contribution in [3.8, 4) is 11.8 Å². The highest BCUT2D eigenvalue weighted by Crippen LogP contribution is 2.23. The Hall–Kier alpha value is -0.440. The van der Waals surface area contributed by atoms with E-state index >= 15 is 0 Å². The largest absolute Gasteiger partial charge is 0.0999 e. The van der Waals surface area contributed by atoms with Gasteiger partial charge in [0.2, 0.25) is 0 Å². The minimum atomic E-state index is 0.650. The van der Waals surface area contributed by atoms with E-state index in [-0.39, 0.29) is 0 Å². The van der Waals surface area contributed by atoms with Gasteiger partial charge < -0.3 is 0 Å². The van der Waals surface area contributed by atoms with Crippen LogP contribution in [-0.2, 0) is 0 Å². The van der Waals surface area contributed by atoms with Crippen LogP contribution in [0.3, 0.4) is 0 Å². The van der Waals surface area contributed by atoms with E-state index in [9.17, 15) is 0 Å². The lowest BCUT2D eigenvalue weighted by atomic mass is 9.93. The quantitative estimate of drug-likeness (QED) is 0.468. The van der Waals surface area contributed by atoms with Crippen molar-refractivity contribution in [2.45, 2.75) is 27.2 Å². The third-order valence-electron chi connectivity index (χ3n) is 1.93. The molecule has 1 rings (SSSR count). The molecular weight excluding hydrogens is 108 g/mol. The molecule has 0 radical (unpaired) electrons. The summed E-state index contributed by atoms with van der Waals surface area (Å²) in [6.07, 6.45) is 1.26. The predicted molar refractivity (Wildman–Crippen MR) is 39.9 cm³/mol. The van der Waals surface area contributed by atoms with E-state index in [0.29, 0.717) is 11.8 Å². The van der Waals surface area contributed by atoms with E-state index in [2.05, 4.69) is 32.6 Å². The van der Waals surface area contributed by atoms with E-state index in [1.807, 2.05) is 0 Å². The molecule has 1 aliphatic carbocycles. The zero-order valence-electron chi connectivity index (χ0n) is 6.44. The first kappa shape index (κ1) is 6.68. The van der Waals surface area contributed by atoms with Crippen LogP contribution in [0.4, 0.5) is 0 Å². The highest BCUT2D eigenvalue weighted by Gasteiger charge is 2.17. The summed E-state index contributed by atoms with van der Waals surface area (Å²) in [4.78, 5) is 0. The highest BCUT2D eigenvalue weighted by atomic mass is 14.2. The van der Waals surface area contributed by atoms with Crippen LogP contribution in [-0.4, -0.2) is 0 Å². The molecule has 0 saturated heterocycles. The number of hydrogen-bond donors (Lipinski definition) is 0. The van der Waals surface area contributed by atoms with Gasteiger partial charge in [-0.1, -0.05) is 32.6 Å². The predicted octanol–water partition coefficient (Wildman–Crippen LogP) is 2.30. The minimum absolute atomic E-state index is 0.650. The molecule has 0 N–H and O–H groups in total. The zero-order chi connectivity index (χ0) is 6.85. The third kappa shape index (κ3) is 1.48. The van der Waals surface area contributed by atoms with Crippen molar-refractivity contribution >= 4 is 0 Å². The lowest BCUT2D eigenvalue weighted by Crippen LogP contribution is -2.04. The van der Waals surface area contributed by atoms with Crippen molar-refractivity contribution in [3.05, 3.63) is 0 Å². The summed E-state index contributed by atoms with van der Waals surface area (Å²) >= 11 is 0. The summed E-state index contributed by atoms with van der Waals surface area (Å²) in [7, 11) is 0. The van der Waals surface area contributed by atoms with Gasteiger partial charge in [-0.3, -0.25) is 0 Å². The Labute approximate surface area is 57.7 Å².